The van der Waals surface area contributed by atoms with Crippen LogP contribution in [0.5, 0.6) is 0 Å². The molecule has 2 heterocycles. The molecule has 0 saturated carbocycles. The van der Waals surface area contributed by atoms with Gasteiger partial charge in [-0.05, 0) is 36.2 Å². The average molecular weight is 338 g/mol. The van der Waals surface area contributed by atoms with Crippen molar-refractivity contribution in [3.8, 4) is 0 Å². The zero-order chi connectivity index (χ0) is 17.6. The molecule has 4 rings (SSSR count). The van der Waals surface area contributed by atoms with Crippen molar-refractivity contribution in [2.45, 2.75) is 25.4 Å². The van der Waals surface area contributed by atoms with Crippen LogP contribution >= 0.6 is 0 Å². The molecule has 2 aromatic carbocycles. The van der Waals surface area contributed by atoms with Crippen molar-refractivity contribution in [1.29, 1.82) is 0 Å². The maximum Gasteiger partial charge on any atom is 0.263 e. The molecule has 0 N–H and O–H groups in total. The van der Waals surface area contributed by atoms with Crippen molar-refractivity contribution in [3.05, 3.63) is 59.9 Å². The minimum absolute atomic E-state index is 0.128. The van der Waals surface area contributed by atoms with Gasteiger partial charge < -0.3 is 0 Å². The lowest BCUT2D eigenvalue weighted by Gasteiger charge is -2.21. The van der Waals surface area contributed by atoms with E-state index in [4.69, 9.17) is 0 Å². The normalized spacial score (nSPS) is 22.0. The van der Waals surface area contributed by atoms with Gasteiger partial charge in [-0.25, -0.2) is 14.3 Å². The molecule has 126 valence electrons. The molecular weight excluding hydrogens is 323 g/mol. The molecule has 0 spiro atoms. The Balaban J connectivity index is 1.69. The molecule has 6 nitrogen and oxygen atoms in total. The first-order chi connectivity index (χ1) is 12.1. The Morgan fingerprint density at radius 3 is 2.44 bits per heavy atom. The van der Waals surface area contributed by atoms with Crippen molar-refractivity contribution in [1.82, 2.24) is 0 Å². The van der Waals surface area contributed by atoms with Crippen LogP contribution in [0.1, 0.15) is 12.5 Å². The number of para-hydroxylation sites is 1. The van der Waals surface area contributed by atoms with Crippen molar-refractivity contribution in [2.24, 2.45) is 10.3 Å². The smallest absolute Gasteiger partial charge is 0.263 e. The van der Waals surface area contributed by atoms with Crippen LogP contribution in [0, 0.1) is 5.82 Å². The fourth-order valence-corrected chi connectivity index (χ4v) is 3.13. The molecule has 0 radical (unpaired) electrons. The quantitative estimate of drug-likeness (QED) is 0.808. The van der Waals surface area contributed by atoms with Crippen molar-refractivity contribution < 1.29 is 14.0 Å². The summed E-state index contributed by atoms with van der Waals surface area (Å²) in [6.45, 7) is 2.03. The number of imide groups is 1. The van der Waals surface area contributed by atoms with E-state index in [-0.39, 0.29) is 5.69 Å². The number of hydrogen-bond acceptors (Lipinski definition) is 5. The van der Waals surface area contributed by atoms with Crippen LogP contribution in [0.2, 0.25) is 0 Å². The van der Waals surface area contributed by atoms with E-state index >= 15 is 0 Å². The summed E-state index contributed by atoms with van der Waals surface area (Å²) in [5, 5.41) is 8.96. The van der Waals surface area contributed by atoms with Crippen molar-refractivity contribution in [2.75, 3.05) is 9.91 Å². The second-order valence-electron chi connectivity index (χ2n) is 5.92. The van der Waals surface area contributed by atoms with Crippen LogP contribution in [0.15, 0.2) is 58.9 Å². The number of hydrogen-bond donors (Lipinski definition) is 0. The minimum Gasteiger partial charge on any atom is -0.271 e. The summed E-state index contributed by atoms with van der Waals surface area (Å²) >= 11 is 0. The first-order valence-electron chi connectivity index (χ1n) is 8.03. The minimum atomic E-state index is -0.949. The Morgan fingerprint density at radius 2 is 1.76 bits per heavy atom. The molecule has 2 aliphatic rings. The molecule has 2 aromatic rings. The summed E-state index contributed by atoms with van der Waals surface area (Å²) in [6, 6.07) is 11.3. The van der Waals surface area contributed by atoms with E-state index in [1.165, 1.54) is 17.1 Å². The maximum atomic E-state index is 14.1. The largest absolute Gasteiger partial charge is 0.271 e. The zero-order valence-corrected chi connectivity index (χ0v) is 13.5. The number of nitrogens with zero attached hydrogens (tertiary/aromatic N) is 4. The number of amides is 2. The van der Waals surface area contributed by atoms with Gasteiger partial charge >= 0.3 is 0 Å². The molecule has 0 bridgehead atoms. The third kappa shape index (κ3) is 2.31. The van der Waals surface area contributed by atoms with E-state index in [0.717, 1.165) is 16.9 Å². The lowest BCUT2D eigenvalue weighted by Crippen LogP contribution is -2.40. The number of benzene rings is 2. The molecule has 1 saturated heterocycles. The Labute approximate surface area is 143 Å². The number of fused-ring (bicyclic) bond motifs is 1. The van der Waals surface area contributed by atoms with Gasteiger partial charge in [0, 0.05) is 0 Å². The van der Waals surface area contributed by atoms with E-state index in [1.807, 2.05) is 19.1 Å². The third-order valence-corrected chi connectivity index (χ3v) is 4.48. The Hall–Kier alpha value is -3.09. The van der Waals surface area contributed by atoms with Crippen LogP contribution < -0.4 is 9.91 Å². The van der Waals surface area contributed by atoms with Gasteiger partial charge in [-0.15, -0.1) is 0 Å². The molecule has 2 amide bonds. The topological polar surface area (TPSA) is 65.3 Å². The molecule has 7 heteroatoms. The molecule has 2 aliphatic heterocycles. The fraction of sp³-hybridized carbons (Fsp3) is 0.222. The standard InChI is InChI=1S/C18H15FN4O2/c1-2-11-7-9-12(10-8-11)22-17(24)15-16(18(22)25)23(21-20-15)14-6-4-3-5-13(14)19/h3-10,15-16H,2H2,1H3/t15-,16-/m1/s1. The number of carbonyl (C=O) groups is 2. The second-order valence-corrected chi connectivity index (χ2v) is 5.92. The SMILES string of the molecule is CCc1ccc(N2C(=O)[C@@H]3N=NN(c4ccccc4F)[C@H]3C2=O)cc1. The fourth-order valence-electron chi connectivity index (χ4n) is 3.13. The summed E-state index contributed by atoms with van der Waals surface area (Å²) in [5.41, 5.74) is 1.73. The molecular formula is C18H15FN4O2. The molecule has 0 aromatic heterocycles. The van der Waals surface area contributed by atoms with Gasteiger partial charge in [0.05, 0.1) is 11.4 Å². The van der Waals surface area contributed by atoms with E-state index < -0.39 is 29.7 Å². The monoisotopic (exact) mass is 338 g/mol. The lowest BCUT2D eigenvalue weighted by molar-refractivity contribution is -0.121. The average Bonchev–Trinajstić information content (AvgIpc) is 3.16. The molecule has 1 fully saturated rings. The zero-order valence-electron chi connectivity index (χ0n) is 13.5. The number of halogens is 1. The first kappa shape index (κ1) is 15.4. The molecule has 25 heavy (non-hydrogen) atoms. The second kappa shape index (κ2) is 5.77. The predicted molar refractivity (Wildman–Crippen MR) is 89.6 cm³/mol. The van der Waals surface area contributed by atoms with Gasteiger partial charge in [0.2, 0.25) is 0 Å². The maximum absolute atomic E-state index is 14.1. The Kier molecular flexibility index (Phi) is 3.56. The number of anilines is 2. The number of carbonyl (C=O) groups excluding carboxylic acids is 2. The van der Waals surface area contributed by atoms with Crippen molar-refractivity contribution in [3.63, 3.8) is 0 Å². The first-order valence-corrected chi connectivity index (χ1v) is 8.03. The van der Waals surface area contributed by atoms with Crippen molar-refractivity contribution >= 4 is 23.2 Å². The highest BCUT2D eigenvalue weighted by Crippen LogP contribution is 2.35. The highest BCUT2D eigenvalue weighted by Gasteiger charge is 2.55. The van der Waals surface area contributed by atoms with Gasteiger partial charge in [-0.2, -0.15) is 5.11 Å². The Bertz CT molecular complexity index is 881. The summed E-state index contributed by atoms with van der Waals surface area (Å²) in [4.78, 5) is 26.6. The summed E-state index contributed by atoms with van der Waals surface area (Å²) < 4.78 is 14.1. The van der Waals surface area contributed by atoms with E-state index in [2.05, 4.69) is 10.3 Å². The van der Waals surface area contributed by atoms with Crippen LogP contribution in [-0.2, 0) is 16.0 Å². The van der Waals surface area contributed by atoms with Crippen LogP contribution in [-0.4, -0.2) is 23.9 Å². The molecule has 0 unspecified atom stereocenters. The third-order valence-electron chi connectivity index (χ3n) is 4.48. The van der Waals surface area contributed by atoms with Crippen LogP contribution in [0.25, 0.3) is 0 Å². The van der Waals surface area contributed by atoms with Gasteiger partial charge in [-0.1, -0.05) is 36.4 Å². The van der Waals surface area contributed by atoms with Crippen LogP contribution in [0.3, 0.4) is 0 Å². The number of rotatable bonds is 3. The highest BCUT2D eigenvalue weighted by atomic mass is 19.1. The highest BCUT2D eigenvalue weighted by molar-refractivity contribution is 6.26. The van der Waals surface area contributed by atoms with Gasteiger partial charge in [0.1, 0.15) is 5.82 Å². The number of aryl methyl sites for hydroxylation is 1. The van der Waals surface area contributed by atoms with E-state index in [9.17, 15) is 14.0 Å². The Morgan fingerprint density at radius 1 is 1.04 bits per heavy atom. The molecule has 0 aliphatic carbocycles. The predicted octanol–water partition coefficient (Wildman–Crippen LogP) is 2.89. The van der Waals surface area contributed by atoms with E-state index in [1.54, 1.807) is 24.3 Å². The van der Waals surface area contributed by atoms with Gasteiger partial charge in [0.25, 0.3) is 11.8 Å². The summed E-state index contributed by atoms with van der Waals surface area (Å²) in [7, 11) is 0. The lowest BCUT2D eigenvalue weighted by atomic mass is 10.1. The summed E-state index contributed by atoms with van der Waals surface area (Å²) in [5.74, 6) is -1.41. The molecule has 2 atom stereocenters. The summed E-state index contributed by atoms with van der Waals surface area (Å²) in [6.07, 6.45) is 0.864. The van der Waals surface area contributed by atoms with Gasteiger partial charge in [0.15, 0.2) is 12.1 Å². The van der Waals surface area contributed by atoms with E-state index in [0.29, 0.717) is 5.69 Å². The van der Waals surface area contributed by atoms with Crippen LogP contribution in [0.4, 0.5) is 15.8 Å². The van der Waals surface area contributed by atoms with Gasteiger partial charge in [-0.3, -0.25) is 9.59 Å².